The van der Waals surface area contributed by atoms with Gasteiger partial charge in [-0.2, -0.15) is 0 Å². The largest absolute Gasteiger partial charge is 0.378 e. The summed E-state index contributed by atoms with van der Waals surface area (Å²) in [6.07, 6.45) is 9.27. The van der Waals surface area contributed by atoms with E-state index in [0.717, 1.165) is 44.5 Å². The molecule has 2 unspecified atom stereocenters. The van der Waals surface area contributed by atoms with Crippen molar-refractivity contribution in [3.8, 4) is 0 Å². The maximum Gasteiger partial charge on any atom is 0.191 e. The van der Waals surface area contributed by atoms with Gasteiger partial charge < -0.3 is 20.3 Å². The maximum atomic E-state index is 6.01. The van der Waals surface area contributed by atoms with Gasteiger partial charge in [0.05, 0.1) is 6.10 Å². The Morgan fingerprint density at radius 1 is 1.15 bits per heavy atom. The van der Waals surface area contributed by atoms with Crippen LogP contribution in [0.3, 0.4) is 0 Å². The summed E-state index contributed by atoms with van der Waals surface area (Å²) < 4.78 is 6.01. The van der Waals surface area contributed by atoms with Gasteiger partial charge in [-0.3, -0.25) is 4.99 Å². The van der Waals surface area contributed by atoms with Crippen LogP contribution in [0.25, 0.3) is 0 Å². The number of rotatable bonds is 13. The molecule has 2 N–H and O–H groups in total. The van der Waals surface area contributed by atoms with Crippen molar-refractivity contribution in [2.75, 3.05) is 39.8 Å². The molecule has 0 aromatic carbocycles. The van der Waals surface area contributed by atoms with Crippen LogP contribution in [-0.4, -0.2) is 62.8 Å². The smallest absolute Gasteiger partial charge is 0.191 e. The third kappa shape index (κ3) is 11.5. The summed E-state index contributed by atoms with van der Waals surface area (Å²) >= 11 is 0. The highest BCUT2D eigenvalue weighted by Crippen LogP contribution is 2.30. The predicted molar refractivity (Wildman–Crippen MR) is 128 cm³/mol. The molecule has 0 heterocycles. The number of aliphatic imine (C=N–C) groups is 1. The summed E-state index contributed by atoms with van der Waals surface area (Å²) in [5.41, 5.74) is 0. The van der Waals surface area contributed by atoms with E-state index in [0.29, 0.717) is 12.1 Å². The van der Waals surface area contributed by atoms with Gasteiger partial charge in [0.15, 0.2) is 5.96 Å². The van der Waals surface area contributed by atoms with Crippen LogP contribution in [0.1, 0.15) is 72.6 Å². The minimum absolute atomic E-state index is 0. The molecule has 0 bridgehead atoms. The maximum absolute atomic E-state index is 6.01. The molecule has 0 amide bonds. The molecule has 162 valence electrons. The first kappa shape index (κ1) is 26.9. The molecular formula is C21H45IN4O. The molecule has 2 atom stereocenters. The van der Waals surface area contributed by atoms with E-state index in [1.54, 1.807) is 0 Å². The van der Waals surface area contributed by atoms with Crippen molar-refractivity contribution in [3.05, 3.63) is 0 Å². The van der Waals surface area contributed by atoms with Gasteiger partial charge in [0, 0.05) is 26.2 Å². The quantitative estimate of drug-likeness (QED) is 0.227. The van der Waals surface area contributed by atoms with Crippen LogP contribution in [0.15, 0.2) is 4.99 Å². The second kappa shape index (κ2) is 16.8. The van der Waals surface area contributed by atoms with Crippen LogP contribution in [0.4, 0.5) is 0 Å². The average molecular weight is 497 g/mol. The van der Waals surface area contributed by atoms with Gasteiger partial charge in [-0.15, -0.1) is 24.0 Å². The Labute approximate surface area is 185 Å². The van der Waals surface area contributed by atoms with E-state index in [1.165, 1.54) is 45.1 Å². The van der Waals surface area contributed by atoms with Crippen LogP contribution >= 0.6 is 24.0 Å². The van der Waals surface area contributed by atoms with Crippen LogP contribution in [-0.2, 0) is 4.74 Å². The highest BCUT2D eigenvalue weighted by molar-refractivity contribution is 14.0. The fourth-order valence-electron chi connectivity index (χ4n) is 3.99. The van der Waals surface area contributed by atoms with Gasteiger partial charge in [-0.05, 0) is 71.5 Å². The van der Waals surface area contributed by atoms with Crippen LogP contribution in [0.2, 0.25) is 0 Å². The number of nitrogens with one attached hydrogen (secondary N) is 2. The number of hydrogen-bond acceptors (Lipinski definition) is 3. The summed E-state index contributed by atoms with van der Waals surface area (Å²) in [4.78, 5) is 6.87. The minimum Gasteiger partial charge on any atom is -0.378 e. The Bertz CT molecular complexity index is 371. The van der Waals surface area contributed by atoms with E-state index in [9.17, 15) is 0 Å². The van der Waals surface area contributed by atoms with Crippen molar-refractivity contribution in [1.29, 1.82) is 0 Å². The van der Waals surface area contributed by atoms with Crippen LogP contribution < -0.4 is 10.6 Å². The van der Waals surface area contributed by atoms with E-state index in [1.807, 2.05) is 7.05 Å². The highest BCUT2D eigenvalue weighted by atomic mass is 127. The Hall–Kier alpha value is -0.0800. The molecule has 1 rings (SSSR count). The molecule has 5 nitrogen and oxygen atoms in total. The number of ether oxygens (including phenoxy) is 1. The Balaban J connectivity index is 0.00000676. The Kier molecular flexibility index (Phi) is 16.8. The van der Waals surface area contributed by atoms with Gasteiger partial charge >= 0.3 is 0 Å². The Morgan fingerprint density at radius 2 is 1.81 bits per heavy atom. The molecule has 1 fully saturated rings. The summed E-state index contributed by atoms with van der Waals surface area (Å²) in [6.45, 7) is 14.0. The second-order valence-corrected chi connectivity index (χ2v) is 7.54. The molecule has 0 spiro atoms. The van der Waals surface area contributed by atoms with Crippen molar-refractivity contribution in [2.45, 2.75) is 84.8 Å². The Morgan fingerprint density at radius 3 is 2.37 bits per heavy atom. The summed E-state index contributed by atoms with van der Waals surface area (Å²) in [7, 11) is 1.86. The number of nitrogens with zero attached hydrogens (tertiary/aromatic N) is 2. The molecule has 0 saturated heterocycles. The first-order chi connectivity index (χ1) is 12.6. The summed E-state index contributed by atoms with van der Waals surface area (Å²) in [6, 6.07) is 0.439. The third-order valence-corrected chi connectivity index (χ3v) is 5.64. The molecule has 6 heteroatoms. The van der Waals surface area contributed by atoms with Crippen molar-refractivity contribution >= 4 is 29.9 Å². The van der Waals surface area contributed by atoms with E-state index in [2.05, 4.69) is 48.2 Å². The van der Waals surface area contributed by atoms with E-state index in [4.69, 9.17) is 4.74 Å². The van der Waals surface area contributed by atoms with Gasteiger partial charge in [-0.25, -0.2) is 0 Å². The normalized spacial score (nSPS) is 17.6. The SMILES string of the molecule is CCOC(CCNC(=NC)NC(C)CCCN(CC)CC)C1CCCC1.I. The van der Waals surface area contributed by atoms with Crippen molar-refractivity contribution in [3.63, 3.8) is 0 Å². The molecule has 27 heavy (non-hydrogen) atoms. The van der Waals surface area contributed by atoms with Gasteiger partial charge in [0.25, 0.3) is 0 Å². The number of halogens is 1. The van der Waals surface area contributed by atoms with Gasteiger partial charge in [0.2, 0.25) is 0 Å². The van der Waals surface area contributed by atoms with Crippen molar-refractivity contribution in [2.24, 2.45) is 10.9 Å². The number of hydrogen-bond donors (Lipinski definition) is 2. The third-order valence-electron chi connectivity index (χ3n) is 5.64. The van der Waals surface area contributed by atoms with Crippen molar-refractivity contribution in [1.82, 2.24) is 15.5 Å². The fourth-order valence-corrected chi connectivity index (χ4v) is 3.99. The zero-order chi connectivity index (χ0) is 19.2. The van der Waals surface area contributed by atoms with E-state index in [-0.39, 0.29) is 24.0 Å². The fraction of sp³-hybridized carbons (Fsp3) is 0.952. The molecule has 1 aliphatic rings. The van der Waals surface area contributed by atoms with Gasteiger partial charge in [0.1, 0.15) is 0 Å². The monoisotopic (exact) mass is 496 g/mol. The first-order valence-electron chi connectivity index (χ1n) is 11.0. The lowest BCUT2D eigenvalue weighted by atomic mass is 9.98. The zero-order valence-corrected chi connectivity index (χ0v) is 20.8. The molecule has 0 radical (unpaired) electrons. The second-order valence-electron chi connectivity index (χ2n) is 7.54. The average Bonchev–Trinajstić information content (AvgIpc) is 3.18. The predicted octanol–water partition coefficient (Wildman–Crippen LogP) is 4.27. The standard InChI is InChI=1S/C21H44N4O.HI/c1-6-25(7-2)17-11-12-18(4)24-21(22-5)23-16-15-20(26-8-3)19-13-9-10-14-19;/h18-20H,6-17H2,1-5H3,(H2,22,23,24);1H. The van der Waals surface area contributed by atoms with E-state index >= 15 is 0 Å². The number of guanidine groups is 1. The van der Waals surface area contributed by atoms with E-state index < -0.39 is 0 Å². The van der Waals surface area contributed by atoms with Gasteiger partial charge in [-0.1, -0.05) is 26.7 Å². The lowest BCUT2D eigenvalue weighted by molar-refractivity contribution is 0.0169. The zero-order valence-electron chi connectivity index (χ0n) is 18.4. The van der Waals surface area contributed by atoms with Crippen LogP contribution in [0.5, 0.6) is 0 Å². The van der Waals surface area contributed by atoms with Crippen molar-refractivity contribution < 1.29 is 4.74 Å². The summed E-state index contributed by atoms with van der Waals surface area (Å²) in [5, 5.41) is 7.01. The lowest BCUT2D eigenvalue weighted by Gasteiger charge is -2.24. The topological polar surface area (TPSA) is 48.9 Å². The lowest BCUT2D eigenvalue weighted by Crippen LogP contribution is -2.43. The molecule has 0 aromatic rings. The minimum atomic E-state index is 0. The molecule has 0 aromatic heterocycles. The molecule has 1 aliphatic carbocycles. The summed E-state index contributed by atoms with van der Waals surface area (Å²) in [5.74, 6) is 1.67. The molecular weight excluding hydrogens is 451 g/mol. The highest BCUT2D eigenvalue weighted by Gasteiger charge is 2.25. The molecule has 0 aliphatic heterocycles. The first-order valence-corrected chi connectivity index (χ1v) is 11.0. The molecule has 1 saturated carbocycles. The van der Waals surface area contributed by atoms with Crippen LogP contribution in [0, 0.1) is 5.92 Å².